The van der Waals surface area contributed by atoms with E-state index in [0.717, 1.165) is 48.6 Å². The molecule has 3 nitrogen and oxygen atoms in total. The Labute approximate surface area is 200 Å². The van der Waals surface area contributed by atoms with E-state index in [-0.39, 0.29) is 0 Å². The Kier molecular flexibility index (Phi) is 5.48. The van der Waals surface area contributed by atoms with Crippen molar-refractivity contribution in [3.05, 3.63) is 108 Å². The van der Waals surface area contributed by atoms with E-state index in [0.29, 0.717) is 6.61 Å². The van der Waals surface area contributed by atoms with Crippen molar-refractivity contribution in [1.29, 1.82) is 0 Å². The zero-order valence-corrected chi connectivity index (χ0v) is 19.5. The van der Waals surface area contributed by atoms with Gasteiger partial charge in [0.25, 0.3) is 0 Å². The van der Waals surface area contributed by atoms with Gasteiger partial charge in [-0.15, -0.1) is 0 Å². The second-order valence-electron chi connectivity index (χ2n) is 9.00. The molecule has 2 heterocycles. The van der Waals surface area contributed by atoms with Crippen LogP contribution in [0.4, 0.5) is 0 Å². The SMILES string of the molecule is CCOc1ccc(-c2nc3ccc4ccccc4c3c3c2CN(Cc2ccccc2)CC3)cc1. The molecular weight excluding hydrogens is 416 g/mol. The molecule has 1 aromatic heterocycles. The van der Waals surface area contributed by atoms with E-state index < -0.39 is 0 Å². The molecule has 0 spiro atoms. The van der Waals surface area contributed by atoms with Gasteiger partial charge >= 0.3 is 0 Å². The number of benzene rings is 4. The summed E-state index contributed by atoms with van der Waals surface area (Å²) in [5.41, 5.74) is 7.49. The van der Waals surface area contributed by atoms with Gasteiger partial charge < -0.3 is 4.74 Å². The normalized spacial score (nSPS) is 13.8. The molecular formula is C31H28N2O. The number of nitrogens with zero attached hydrogens (tertiary/aromatic N) is 2. The van der Waals surface area contributed by atoms with Crippen molar-refractivity contribution in [3.63, 3.8) is 0 Å². The lowest BCUT2D eigenvalue weighted by Crippen LogP contribution is -2.31. The van der Waals surface area contributed by atoms with Crippen LogP contribution in [0.25, 0.3) is 32.9 Å². The third kappa shape index (κ3) is 3.82. The van der Waals surface area contributed by atoms with Crippen molar-refractivity contribution >= 4 is 21.7 Å². The van der Waals surface area contributed by atoms with Crippen LogP contribution in [0, 0.1) is 0 Å². The van der Waals surface area contributed by atoms with Crippen LogP contribution in [-0.4, -0.2) is 23.0 Å². The highest BCUT2D eigenvalue weighted by Crippen LogP contribution is 2.38. The fraction of sp³-hybridized carbons (Fsp3) is 0.194. The molecule has 34 heavy (non-hydrogen) atoms. The molecule has 1 aliphatic rings. The smallest absolute Gasteiger partial charge is 0.119 e. The molecule has 0 N–H and O–H groups in total. The molecule has 0 radical (unpaired) electrons. The molecule has 0 fully saturated rings. The molecule has 0 saturated carbocycles. The lowest BCUT2D eigenvalue weighted by atomic mass is 9.89. The summed E-state index contributed by atoms with van der Waals surface area (Å²) in [6, 6.07) is 32.3. The molecule has 5 aromatic rings. The highest BCUT2D eigenvalue weighted by Gasteiger charge is 2.24. The van der Waals surface area contributed by atoms with Gasteiger partial charge in [-0.25, -0.2) is 4.98 Å². The van der Waals surface area contributed by atoms with Crippen LogP contribution in [0.2, 0.25) is 0 Å². The van der Waals surface area contributed by atoms with Crippen LogP contribution in [0.5, 0.6) is 5.75 Å². The van der Waals surface area contributed by atoms with Gasteiger partial charge in [-0.05, 0) is 71.1 Å². The molecule has 3 heteroatoms. The molecule has 4 aromatic carbocycles. The van der Waals surface area contributed by atoms with Crippen molar-refractivity contribution < 1.29 is 4.74 Å². The summed E-state index contributed by atoms with van der Waals surface area (Å²) in [4.78, 5) is 7.81. The van der Waals surface area contributed by atoms with Crippen LogP contribution in [0.15, 0.2) is 91.0 Å². The standard InChI is InChI=1S/C31H28N2O/c1-2-34-25-15-12-24(13-16-25)31-28-21-33(20-22-8-4-3-5-9-22)19-18-27(28)30-26-11-7-6-10-23(26)14-17-29(30)32-31/h3-17H,2,18-21H2,1H3. The highest BCUT2D eigenvalue weighted by molar-refractivity contribution is 6.09. The van der Waals surface area contributed by atoms with E-state index in [1.165, 1.54) is 32.8 Å². The number of hydrogen-bond donors (Lipinski definition) is 0. The predicted octanol–water partition coefficient (Wildman–Crippen LogP) is 7.01. The second kappa shape index (κ2) is 8.92. The Bertz CT molecular complexity index is 1460. The molecule has 0 saturated heterocycles. The van der Waals surface area contributed by atoms with Gasteiger partial charge in [0.15, 0.2) is 0 Å². The van der Waals surface area contributed by atoms with Crippen LogP contribution in [0.1, 0.15) is 23.6 Å². The van der Waals surface area contributed by atoms with E-state index in [4.69, 9.17) is 9.72 Å². The lowest BCUT2D eigenvalue weighted by molar-refractivity contribution is 0.246. The molecule has 168 valence electrons. The quantitative estimate of drug-likeness (QED) is 0.273. The molecule has 0 aliphatic carbocycles. The first-order valence-electron chi connectivity index (χ1n) is 12.1. The highest BCUT2D eigenvalue weighted by atomic mass is 16.5. The van der Waals surface area contributed by atoms with Crippen LogP contribution >= 0.6 is 0 Å². The van der Waals surface area contributed by atoms with E-state index >= 15 is 0 Å². The molecule has 1 aliphatic heterocycles. The second-order valence-corrected chi connectivity index (χ2v) is 9.00. The number of hydrogen-bond acceptors (Lipinski definition) is 3. The molecule has 0 unspecified atom stereocenters. The van der Waals surface area contributed by atoms with Gasteiger partial charge in [0.05, 0.1) is 17.8 Å². The maximum atomic E-state index is 5.68. The number of aromatic nitrogens is 1. The number of rotatable bonds is 5. The summed E-state index contributed by atoms with van der Waals surface area (Å²) in [6.07, 6.45) is 1.03. The van der Waals surface area contributed by atoms with Crippen molar-refractivity contribution in [2.75, 3.05) is 13.2 Å². The van der Waals surface area contributed by atoms with Crippen molar-refractivity contribution in [2.45, 2.75) is 26.4 Å². The maximum absolute atomic E-state index is 5.68. The first-order chi connectivity index (χ1) is 16.8. The maximum Gasteiger partial charge on any atom is 0.119 e. The number of pyridine rings is 1. The largest absolute Gasteiger partial charge is 0.494 e. The minimum absolute atomic E-state index is 0.671. The van der Waals surface area contributed by atoms with Gasteiger partial charge in [-0.2, -0.15) is 0 Å². The minimum Gasteiger partial charge on any atom is -0.494 e. The van der Waals surface area contributed by atoms with E-state index in [1.54, 1.807) is 0 Å². The summed E-state index contributed by atoms with van der Waals surface area (Å²) in [5, 5.41) is 3.90. The Morgan fingerprint density at radius 2 is 1.62 bits per heavy atom. The molecule has 0 amide bonds. The molecule has 0 bridgehead atoms. The zero-order chi connectivity index (χ0) is 22.9. The Hall–Kier alpha value is -3.69. The van der Waals surface area contributed by atoms with E-state index in [1.807, 2.05) is 6.92 Å². The molecule has 6 rings (SSSR count). The predicted molar refractivity (Wildman–Crippen MR) is 140 cm³/mol. The summed E-state index contributed by atoms with van der Waals surface area (Å²) >= 11 is 0. The summed E-state index contributed by atoms with van der Waals surface area (Å²) in [7, 11) is 0. The summed E-state index contributed by atoms with van der Waals surface area (Å²) in [5.74, 6) is 0.901. The monoisotopic (exact) mass is 444 g/mol. The van der Waals surface area contributed by atoms with Crippen molar-refractivity contribution in [3.8, 4) is 17.0 Å². The fourth-order valence-electron chi connectivity index (χ4n) is 5.26. The lowest BCUT2D eigenvalue weighted by Gasteiger charge is -2.31. The van der Waals surface area contributed by atoms with Gasteiger partial charge in [0.1, 0.15) is 5.75 Å². The first-order valence-corrected chi connectivity index (χ1v) is 12.1. The summed E-state index contributed by atoms with van der Waals surface area (Å²) < 4.78 is 5.68. The minimum atomic E-state index is 0.671. The third-order valence-corrected chi connectivity index (χ3v) is 6.84. The number of ether oxygens (including phenoxy) is 1. The Morgan fingerprint density at radius 1 is 0.824 bits per heavy atom. The van der Waals surface area contributed by atoms with Crippen LogP contribution < -0.4 is 4.74 Å². The van der Waals surface area contributed by atoms with Crippen LogP contribution in [0.3, 0.4) is 0 Å². The van der Waals surface area contributed by atoms with E-state index in [9.17, 15) is 0 Å². The Balaban J connectivity index is 1.51. The van der Waals surface area contributed by atoms with Gasteiger partial charge in [-0.3, -0.25) is 4.90 Å². The number of fused-ring (bicyclic) bond motifs is 5. The van der Waals surface area contributed by atoms with E-state index in [2.05, 4.69) is 95.9 Å². The van der Waals surface area contributed by atoms with Gasteiger partial charge in [0, 0.05) is 30.6 Å². The van der Waals surface area contributed by atoms with Crippen molar-refractivity contribution in [1.82, 2.24) is 9.88 Å². The van der Waals surface area contributed by atoms with Crippen molar-refractivity contribution in [2.24, 2.45) is 0 Å². The third-order valence-electron chi connectivity index (χ3n) is 6.84. The average Bonchev–Trinajstić information content (AvgIpc) is 2.89. The summed E-state index contributed by atoms with van der Waals surface area (Å²) in [6.45, 7) is 5.59. The fourth-order valence-corrected chi connectivity index (χ4v) is 5.26. The van der Waals surface area contributed by atoms with Gasteiger partial charge in [-0.1, -0.05) is 60.7 Å². The average molecular weight is 445 g/mol. The first kappa shape index (κ1) is 20.9. The topological polar surface area (TPSA) is 25.4 Å². The molecule has 0 atom stereocenters. The van der Waals surface area contributed by atoms with Crippen LogP contribution in [-0.2, 0) is 19.5 Å². The van der Waals surface area contributed by atoms with Gasteiger partial charge in [0.2, 0.25) is 0 Å². The Morgan fingerprint density at radius 3 is 2.44 bits per heavy atom. The zero-order valence-electron chi connectivity index (χ0n) is 19.5.